The van der Waals surface area contributed by atoms with Crippen LogP contribution in [0.5, 0.6) is 5.75 Å². The smallest absolute Gasteiger partial charge is 0.350 e. The monoisotopic (exact) mass is 495 g/mol. The summed E-state index contributed by atoms with van der Waals surface area (Å²) in [4.78, 5) is 25.5. The molecule has 0 radical (unpaired) electrons. The molecule has 1 heterocycles. The summed E-state index contributed by atoms with van der Waals surface area (Å²) in [6, 6.07) is 11.2. The Balaban J connectivity index is 1.78. The van der Waals surface area contributed by atoms with Crippen molar-refractivity contribution in [2.75, 3.05) is 18.5 Å². The average Bonchev–Trinajstić information content (AvgIpc) is 3.12. The Bertz CT molecular complexity index is 1070. The van der Waals surface area contributed by atoms with Crippen molar-refractivity contribution in [1.82, 2.24) is 0 Å². The summed E-state index contributed by atoms with van der Waals surface area (Å²) in [6.45, 7) is 1.50. The predicted molar refractivity (Wildman–Crippen MR) is 114 cm³/mol. The summed E-state index contributed by atoms with van der Waals surface area (Å²) in [5, 5.41) is 2.63. The Morgan fingerprint density at radius 2 is 1.77 bits per heavy atom. The molecule has 0 fully saturated rings. The highest BCUT2D eigenvalue weighted by molar-refractivity contribution is 9.10. The number of amides is 1. The minimum atomic E-state index is -0.576. The van der Waals surface area contributed by atoms with Crippen LogP contribution in [-0.4, -0.2) is 25.1 Å². The van der Waals surface area contributed by atoms with Crippen LogP contribution in [0.4, 0.5) is 14.5 Å². The SMILES string of the molecule is CCOC(=O)c1sc(-c2ccc(F)cc2)cc1NC(=O)COc1ccc(F)cc1Br. The van der Waals surface area contributed by atoms with Crippen molar-refractivity contribution in [2.24, 2.45) is 0 Å². The molecular weight excluding hydrogens is 480 g/mol. The first-order valence-electron chi connectivity index (χ1n) is 8.82. The molecule has 3 aromatic rings. The number of carbonyl (C=O) groups is 2. The molecular formula is C21H16BrF2NO4S. The Kier molecular flexibility index (Phi) is 7.17. The highest BCUT2D eigenvalue weighted by atomic mass is 79.9. The van der Waals surface area contributed by atoms with Crippen molar-refractivity contribution in [3.8, 4) is 16.2 Å². The van der Waals surface area contributed by atoms with Gasteiger partial charge >= 0.3 is 5.97 Å². The molecule has 5 nitrogen and oxygen atoms in total. The van der Waals surface area contributed by atoms with E-state index in [9.17, 15) is 18.4 Å². The maximum Gasteiger partial charge on any atom is 0.350 e. The number of anilines is 1. The van der Waals surface area contributed by atoms with E-state index < -0.39 is 17.7 Å². The van der Waals surface area contributed by atoms with Crippen LogP contribution in [0, 0.1) is 11.6 Å². The molecule has 1 amide bonds. The Morgan fingerprint density at radius 1 is 1.07 bits per heavy atom. The van der Waals surface area contributed by atoms with Gasteiger partial charge in [-0.2, -0.15) is 0 Å². The summed E-state index contributed by atoms with van der Waals surface area (Å²) in [7, 11) is 0. The lowest BCUT2D eigenvalue weighted by molar-refractivity contribution is -0.118. The standard InChI is InChI=1S/C21H16BrF2NO4S/c1-2-28-21(27)20-16(10-18(30-20)12-3-5-13(23)6-4-12)25-19(26)11-29-17-8-7-14(24)9-15(17)22/h3-10H,2,11H2,1H3,(H,25,26). The molecule has 0 spiro atoms. The fourth-order valence-corrected chi connectivity index (χ4v) is 3.99. The lowest BCUT2D eigenvalue weighted by Gasteiger charge is -2.09. The zero-order valence-corrected chi connectivity index (χ0v) is 18.1. The number of halogens is 3. The van der Waals surface area contributed by atoms with Gasteiger partial charge in [0.05, 0.1) is 16.8 Å². The van der Waals surface area contributed by atoms with Gasteiger partial charge in [-0.15, -0.1) is 11.3 Å². The van der Waals surface area contributed by atoms with E-state index in [1.165, 1.54) is 30.3 Å². The molecule has 0 atom stereocenters. The molecule has 2 aromatic carbocycles. The topological polar surface area (TPSA) is 64.6 Å². The number of nitrogens with one attached hydrogen (secondary N) is 1. The Hall–Kier alpha value is -2.78. The number of esters is 1. The van der Waals surface area contributed by atoms with Gasteiger partial charge in [0.1, 0.15) is 22.3 Å². The molecule has 0 saturated heterocycles. The maximum atomic E-state index is 13.2. The Morgan fingerprint density at radius 3 is 2.43 bits per heavy atom. The third-order valence-corrected chi connectivity index (χ3v) is 5.63. The predicted octanol–water partition coefficient (Wildman–Crippen LogP) is 5.65. The average molecular weight is 496 g/mol. The van der Waals surface area contributed by atoms with Gasteiger partial charge in [-0.25, -0.2) is 13.6 Å². The largest absolute Gasteiger partial charge is 0.483 e. The van der Waals surface area contributed by atoms with Gasteiger partial charge in [-0.3, -0.25) is 4.79 Å². The molecule has 0 saturated carbocycles. The van der Waals surface area contributed by atoms with Gasteiger partial charge in [-0.1, -0.05) is 12.1 Å². The van der Waals surface area contributed by atoms with E-state index in [-0.39, 0.29) is 29.6 Å². The number of hydrogen-bond donors (Lipinski definition) is 1. The second kappa shape index (κ2) is 9.82. The van der Waals surface area contributed by atoms with Crippen LogP contribution >= 0.6 is 27.3 Å². The third-order valence-electron chi connectivity index (χ3n) is 3.85. The van der Waals surface area contributed by atoms with E-state index in [2.05, 4.69) is 21.2 Å². The van der Waals surface area contributed by atoms with Gasteiger partial charge in [0.15, 0.2) is 6.61 Å². The molecule has 156 valence electrons. The van der Waals surface area contributed by atoms with Crippen molar-refractivity contribution in [2.45, 2.75) is 6.92 Å². The fraction of sp³-hybridized carbons (Fsp3) is 0.143. The summed E-state index contributed by atoms with van der Waals surface area (Å²) in [6.07, 6.45) is 0. The van der Waals surface area contributed by atoms with Gasteiger partial charge in [0.25, 0.3) is 5.91 Å². The molecule has 0 aliphatic carbocycles. The molecule has 0 bridgehead atoms. The minimum Gasteiger partial charge on any atom is -0.483 e. The summed E-state index contributed by atoms with van der Waals surface area (Å²) < 4.78 is 37.2. The lowest BCUT2D eigenvalue weighted by atomic mass is 10.2. The first-order valence-corrected chi connectivity index (χ1v) is 10.4. The number of benzene rings is 2. The van der Waals surface area contributed by atoms with Crippen LogP contribution in [-0.2, 0) is 9.53 Å². The first-order chi connectivity index (χ1) is 14.4. The van der Waals surface area contributed by atoms with Gasteiger partial charge in [0.2, 0.25) is 0 Å². The fourth-order valence-electron chi connectivity index (χ4n) is 2.51. The van der Waals surface area contributed by atoms with Gasteiger partial charge < -0.3 is 14.8 Å². The highest BCUT2D eigenvalue weighted by Gasteiger charge is 2.20. The summed E-state index contributed by atoms with van der Waals surface area (Å²) >= 11 is 4.29. The first kappa shape index (κ1) is 21.9. The van der Waals surface area contributed by atoms with Crippen LogP contribution in [0.1, 0.15) is 16.6 Å². The summed E-state index contributed by atoms with van der Waals surface area (Å²) in [5.41, 5.74) is 0.962. The van der Waals surface area contributed by atoms with E-state index in [0.29, 0.717) is 20.7 Å². The molecule has 0 unspecified atom stereocenters. The number of hydrogen-bond acceptors (Lipinski definition) is 5. The van der Waals surface area contributed by atoms with Crippen molar-refractivity contribution >= 4 is 44.8 Å². The molecule has 1 N–H and O–H groups in total. The highest BCUT2D eigenvalue weighted by Crippen LogP contribution is 2.35. The van der Waals surface area contributed by atoms with Crippen molar-refractivity contribution in [1.29, 1.82) is 0 Å². The van der Waals surface area contributed by atoms with Crippen LogP contribution < -0.4 is 10.1 Å². The van der Waals surface area contributed by atoms with Crippen LogP contribution in [0.2, 0.25) is 0 Å². The van der Waals surface area contributed by atoms with Crippen LogP contribution in [0.3, 0.4) is 0 Å². The van der Waals surface area contributed by atoms with Gasteiger partial charge in [-0.05, 0) is 64.8 Å². The summed E-state index contributed by atoms with van der Waals surface area (Å²) in [5.74, 6) is -1.61. The zero-order chi connectivity index (χ0) is 21.7. The van der Waals surface area contributed by atoms with E-state index in [1.807, 2.05) is 0 Å². The molecule has 30 heavy (non-hydrogen) atoms. The molecule has 0 aliphatic heterocycles. The zero-order valence-electron chi connectivity index (χ0n) is 15.7. The molecule has 9 heteroatoms. The molecule has 1 aromatic heterocycles. The second-order valence-corrected chi connectivity index (χ2v) is 7.90. The number of carbonyl (C=O) groups excluding carboxylic acids is 2. The van der Waals surface area contributed by atoms with E-state index >= 15 is 0 Å². The number of thiophene rings is 1. The second-order valence-electron chi connectivity index (χ2n) is 5.99. The quantitative estimate of drug-likeness (QED) is 0.430. The maximum absolute atomic E-state index is 13.2. The van der Waals surface area contributed by atoms with E-state index in [4.69, 9.17) is 9.47 Å². The van der Waals surface area contributed by atoms with Gasteiger partial charge in [0, 0.05) is 4.88 Å². The number of ether oxygens (including phenoxy) is 2. The normalized spacial score (nSPS) is 10.5. The molecule has 0 aliphatic rings. The number of rotatable bonds is 7. The van der Waals surface area contributed by atoms with Crippen molar-refractivity contribution < 1.29 is 27.8 Å². The molecule has 3 rings (SSSR count). The van der Waals surface area contributed by atoms with E-state index in [0.717, 1.165) is 11.3 Å². The van der Waals surface area contributed by atoms with E-state index in [1.54, 1.807) is 25.1 Å². The van der Waals surface area contributed by atoms with Crippen molar-refractivity contribution in [3.05, 3.63) is 69.5 Å². The lowest BCUT2D eigenvalue weighted by Crippen LogP contribution is -2.21. The van der Waals surface area contributed by atoms with Crippen molar-refractivity contribution in [3.63, 3.8) is 0 Å². The Labute approximate surface area is 183 Å². The van der Waals surface area contributed by atoms with Crippen LogP contribution in [0.25, 0.3) is 10.4 Å². The third kappa shape index (κ3) is 5.43. The minimum absolute atomic E-state index is 0.178. The van der Waals surface area contributed by atoms with Crippen LogP contribution in [0.15, 0.2) is 53.0 Å².